The highest BCUT2D eigenvalue weighted by molar-refractivity contribution is 7.08. The molecule has 0 spiro atoms. The molecule has 2 aromatic rings. The second-order valence-corrected chi connectivity index (χ2v) is 6.49. The summed E-state index contributed by atoms with van der Waals surface area (Å²) >= 11 is 1.43. The van der Waals surface area contributed by atoms with Gasteiger partial charge in [-0.3, -0.25) is 4.79 Å². The molecule has 5 nitrogen and oxygen atoms in total. The first-order valence-electron chi connectivity index (χ1n) is 7.97. The first-order valence-corrected chi connectivity index (χ1v) is 8.91. The first-order chi connectivity index (χ1) is 11.6. The summed E-state index contributed by atoms with van der Waals surface area (Å²) in [5, 5.41) is 3.53. The zero-order valence-corrected chi connectivity index (χ0v) is 14.4. The second kappa shape index (κ2) is 7.49. The number of esters is 1. The van der Waals surface area contributed by atoms with Crippen LogP contribution in [0.5, 0.6) is 0 Å². The Bertz CT molecular complexity index is 680. The van der Waals surface area contributed by atoms with E-state index in [4.69, 9.17) is 4.74 Å². The molecule has 24 heavy (non-hydrogen) atoms. The minimum atomic E-state index is -0.763. The van der Waals surface area contributed by atoms with E-state index in [1.165, 1.54) is 17.0 Å². The van der Waals surface area contributed by atoms with Crippen molar-refractivity contribution in [2.24, 2.45) is 0 Å². The van der Waals surface area contributed by atoms with Crippen molar-refractivity contribution >= 4 is 28.9 Å². The van der Waals surface area contributed by atoms with Crippen LogP contribution in [0.1, 0.15) is 17.3 Å². The normalized spacial score (nSPS) is 15.9. The third kappa shape index (κ3) is 3.76. The van der Waals surface area contributed by atoms with E-state index in [0.29, 0.717) is 18.7 Å². The summed E-state index contributed by atoms with van der Waals surface area (Å²) in [5.41, 5.74) is 1.66. The predicted octanol–water partition coefficient (Wildman–Crippen LogP) is 2.64. The molecule has 1 aromatic carbocycles. The molecule has 6 heteroatoms. The van der Waals surface area contributed by atoms with Gasteiger partial charge in [0.1, 0.15) is 0 Å². The van der Waals surface area contributed by atoms with Crippen LogP contribution in [0.15, 0.2) is 47.2 Å². The summed E-state index contributed by atoms with van der Waals surface area (Å²) in [6, 6.07) is 11.9. The monoisotopic (exact) mass is 344 g/mol. The highest BCUT2D eigenvalue weighted by Crippen LogP contribution is 2.16. The van der Waals surface area contributed by atoms with Gasteiger partial charge in [-0.05, 0) is 30.5 Å². The second-order valence-electron chi connectivity index (χ2n) is 5.71. The van der Waals surface area contributed by atoms with Crippen LogP contribution < -0.4 is 4.90 Å². The number of hydrogen-bond donors (Lipinski definition) is 0. The Morgan fingerprint density at radius 2 is 1.79 bits per heavy atom. The number of anilines is 1. The molecule has 0 radical (unpaired) electrons. The van der Waals surface area contributed by atoms with Crippen molar-refractivity contribution in [1.29, 1.82) is 0 Å². The third-order valence-corrected chi connectivity index (χ3v) is 4.78. The maximum atomic E-state index is 12.5. The van der Waals surface area contributed by atoms with Gasteiger partial charge in [0.05, 0.1) is 5.56 Å². The Morgan fingerprint density at radius 3 is 2.42 bits per heavy atom. The quantitative estimate of drug-likeness (QED) is 0.800. The van der Waals surface area contributed by atoms with Crippen LogP contribution in [-0.2, 0) is 9.53 Å². The molecule has 0 aliphatic carbocycles. The Balaban J connectivity index is 1.52. The van der Waals surface area contributed by atoms with E-state index in [1.807, 2.05) is 23.6 Å². The molecule has 1 saturated heterocycles. The number of carbonyl (C=O) groups is 2. The molecular formula is C18H20N2O3S. The maximum Gasteiger partial charge on any atom is 0.339 e. The fourth-order valence-electron chi connectivity index (χ4n) is 2.74. The lowest BCUT2D eigenvalue weighted by molar-refractivity contribution is -0.140. The Labute approximate surface area is 145 Å². The average molecular weight is 344 g/mol. The number of amides is 1. The van der Waals surface area contributed by atoms with Crippen LogP contribution >= 0.6 is 11.3 Å². The van der Waals surface area contributed by atoms with Gasteiger partial charge in [-0.2, -0.15) is 11.3 Å². The zero-order chi connectivity index (χ0) is 16.9. The van der Waals surface area contributed by atoms with Gasteiger partial charge in [0.2, 0.25) is 0 Å². The van der Waals surface area contributed by atoms with Crippen LogP contribution in [0.25, 0.3) is 0 Å². The number of benzene rings is 1. The highest BCUT2D eigenvalue weighted by atomic mass is 32.1. The van der Waals surface area contributed by atoms with Gasteiger partial charge < -0.3 is 14.5 Å². The number of rotatable bonds is 4. The molecule has 1 aliphatic rings. The van der Waals surface area contributed by atoms with Crippen molar-refractivity contribution in [3.05, 3.63) is 52.7 Å². The van der Waals surface area contributed by atoms with Gasteiger partial charge in [-0.25, -0.2) is 4.79 Å². The van der Waals surface area contributed by atoms with E-state index < -0.39 is 12.1 Å². The molecule has 1 amide bonds. The molecule has 3 rings (SSSR count). The van der Waals surface area contributed by atoms with Gasteiger partial charge in [-0.15, -0.1) is 0 Å². The minimum absolute atomic E-state index is 0.133. The van der Waals surface area contributed by atoms with E-state index >= 15 is 0 Å². The van der Waals surface area contributed by atoms with Crippen molar-refractivity contribution in [3.8, 4) is 0 Å². The van der Waals surface area contributed by atoms with Gasteiger partial charge >= 0.3 is 5.97 Å². The van der Waals surface area contributed by atoms with Crippen molar-refractivity contribution in [2.45, 2.75) is 13.0 Å². The van der Waals surface area contributed by atoms with Crippen LogP contribution in [0.3, 0.4) is 0 Å². The number of thiophene rings is 1. The average Bonchev–Trinajstić information content (AvgIpc) is 3.17. The van der Waals surface area contributed by atoms with Crippen LogP contribution in [0.4, 0.5) is 5.69 Å². The molecule has 0 saturated carbocycles. The molecule has 1 fully saturated rings. The lowest BCUT2D eigenvalue weighted by atomic mass is 10.2. The number of ether oxygens (including phenoxy) is 1. The third-order valence-electron chi connectivity index (χ3n) is 4.10. The molecule has 0 bridgehead atoms. The van der Waals surface area contributed by atoms with Crippen molar-refractivity contribution < 1.29 is 14.3 Å². The fraction of sp³-hybridized carbons (Fsp3) is 0.333. The van der Waals surface area contributed by atoms with E-state index in [0.717, 1.165) is 13.1 Å². The summed E-state index contributed by atoms with van der Waals surface area (Å²) in [6.45, 7) is 4.46. The van der Waals surface area contributed by atoms with Gasteiger partial charge in [0.25, 0.3) is 5.91 Å². The van der Waals surface area contributed by atoms with E-state index in [9.17, 15) is 9.59 Å². The SMILES string of the molecule is CC(OC(=O)c1ccsc1)C(=O)N1CCN(c2ccccc2)CC1. The fourth-order valence-corrected chi connectivity index (χ4v) is 3.37. The van der Waals surface area contributed by atoms with Crippen LogP contribution in [-0.4, -0.2) is 49.1 Å². The standard InChI is InChI=1S/C18H20N2O3S/c1-14(23-18(22)15-7-12-24-13-15)17(21)20-10-8-19(9-11-20)16-5-3-2-4-6-16/h2-7,12-14H,8-11H2,1H3. The summed E-state index contributed by atoms with van der Waals surface area (Å²) < 4.78 is 5.28. The Morgan fingerprint density at radius 1 is 1.08 bits per heavy atom. The largest absolute Gasteiger partial charge is 0.449 e. The minimum Gasteiger partial charge on any atom is -0.449 e. The van der Waals surface area contributed by atoms with Crippen molar-refractivity contribution in [1.82, 2.24) is 4.90 Å². The molecule has 1 atom stereocenters. The summed E-state index contributed by atoms with van der Waals surface area (Å²) in [5.74, 6) is -0.577. The Kier molecular flexibility index (Phi) is 5.15. The molecule has 0 N–H and O–H groups in total. The summed E-state index contributed by atoms with van der Waals surface area (Å²) in [7, 11) is 0. The molecule has 1 aliphatic heterocycles. The number of piperazine rings is 1. The van der Waals surface area contributed by atoms with Gasteiger partial charge in [0, 0.05) is 37.2 Å². The number of carbonyl (C=O) groups excluding carboxylic acids is 2. The van der Waals surface area contributed by atoms with Crippen LogP contribution in [0, 0.1) is 0 Å². The lowest BCUT2D eigenvalue weighted by Gasteiger charge is -2.37. The number of hydrogen-bond acceptors (Lipinski definition) is 5. The molecule has 126 valence electrons. The van der Waals surface area contributed by atoms with E-state index in [2.05, 4.69) is 17.0 Å². The Hall–Kier alpha value is -2.34. The van der Waals surface area contributed by atoms with Gasteiger partial charge in [0.15, 0.2) is 6.10 Å². The van der Waals surface area contributed by atoms with E-state index in [1.54, 1.807) is 23.3 Å². The lowest BCUT2D eigenvalue weighted by Crippen LogP contribution is -2.51. The van der Waals surface area contributed by atoms with Crippen molar-refractivity contribution in [2.75, 3.05) is 31.1 Å². The number of nitrogens with zero attached hydrogens (tertiary/aromatic N) is 2. The maximum absolute atomic E-state index is 12.5. The van der Waals surface area contributed by atoms with E-state index in [-0.39, 0.29) is 5.91 Å². The smallest absolute Gasteiger partial charge is 0.339 e. The summed E-state index contributed by atoms with van der Waals surface area (Å²) in [4.78, 5) is 28.4. The van der Waals surface area contributed by atoms with Gasteiger partial charge in [-0.1, -0.05) is 18.2 Å². The number of para-hydroxylation sites is 1. The zero-order valence-electron chi connectivity index (χ0n) is 13.6. The predicted molar refractivity (Wildman–Crippen MR) is 94.4 cm³/mol. The summed E-state index contributed by atoms with van der Waals surface area (Å²) in [6.07, 6.45) is -0.763. The van der Waals surface area contributed by atoms with Crippen LogP contribution in [0.2, 0.25) is 0 Å². The molecular weight excluding hydrogens is 324 g/mol. The highest BCUT2D eigenvalue weighted by Gasteiger charge is 2.27. The first kappa shape index (κ1) is 16.5. The topological polar surface area (TPSA) is 49.9 Å². The molecule has 1 unspecified atom stereocenters. The van der Waals surface area contributed by atoms with Crippen molar-refractivity contribution in [3.63, 3.8) is 0 Å². The molecule has 1 aromatic heterocycles. The molecule has 2 heterocycles.